The lowest BCUT2D eigenvalue weighted by atomic mass is 9.86. The number of nitrogens with two attached hydrogens (primary N) is 1. The van der Waals surface area contributed by atoms with E-state index in [2.05, 4.69) is 0 Å². The van der Waals surface area contributed by atoms with E-state index in [0.29, 0.717) is 0 Å². The quantitative estimate of drug-likeness (QED) is 0.717. The number of rotatable bonds is 1. The highest BCUT2D eigenvalue weighted by Crippen LogP contribution is 2.23. The first-order valence-electron chi connectivity index (χ1n) is 7.06. The number of ether oxygens (including phenoxy) is 1. The third-order valence-corrected chi connectivity index (χ3v) is 3.84. The van der Waals surface area contributed by atoms with Gasteiger partial charge >= 0.3 is 5.97 Å². The van der Waals surface area contributed by atoms with E-state index in [1.807, 2.05) is 0 Å². The molecule has 1 aliphatic carbocycles. The molecule has 100 valence electrons. The first kappa shape index (κ1) is 14.5. The van der Waals surface area contributed by atoms with E-state index in [1.165, 1.54) is 52.1 Å². The van der Waals surface area contributed by atoms with E-state index < -0.39 is 5.54 Å². The van der Waals surface area contributed by atoms with Gasteiger partial charge in [-0.15, -0.1) is 0 Å². The molecule has 0 bridgehead atoms. The molecule has 1 fully saturated rings. The van der Waals surface area contributed by atoms with Crippen LogP contribution in [0, 0.1) is 0 Å². The normalized spacial score (nSPS) is 23.2. The number of hydrogen-bond acceptors (Lipinski definition) is 3. The second-order valence-electron chi connectivity index (χ2n) is 5.33. The van der Waals surface area contributed by atoms with Crippen LogP contribution in [-0.2, 0) is 9.53 Å². The number of carbonyl (C=O) groups is 1. The molecule has 1 aliphatic rings. The van der Waals surface area contributed by atoms with Crippen LogP contribution in [0.2, 0.25) is 0 Å². The molecule has 0 spiro atoms. The second-order valence-corrected chi connectivity index (χ2v) is 5.33. The Morgan fingerprint density at radius 3 is 1.59 bits per heavy atom. The fourth-order valence-corrected chi connectivity index (χ4v) is 2.65. The van der Waals surface area contributed by atoms with Gasteiger partial charge in [0.2, 0.25) is 0 Å². The van der Waals surface area contributed by atoms with Gasteiger partial charge in [0.15, 0.2) is 0 Å². The Kier molecular flexibility index (Phi) is 6.56. The summed E-state index contributed by atoms with van der Waals surface area (Å²) in [6.45, 7) is 0. The van der Waals surface area contributed by atoms with Crippen LogP contribution >= 0.6 is 0 Å². The Bertz CT molecular complexity index is 216. The van der Waals surface area contributed by atoms with Crippen molar-refractivity contribution in [1.29, 1.82) is 0 Å². The summed E-state index contributed by atoms with van der Waals surface area (Å²) in [5, 5.41) is 0. The maximum atomic E-state index is 11.8. The predicted octanol–water partition coefficient (Wildman–Crippen LogP) is 3.16. The molecule has 0 amide bonds. The molecule has 0 atom stereocenters. The molecule has 0 unspecified atom stereocenters. The van der Waals surface area contributed by atoms with Crippen molar-refractivity contribution in [2.45, 2.75) is 76.2 Å². The van der Waals surface area contributed by atoms with E-state index in [1.54, 1.807) is 0 Å². The molecule has 0 aromatic rings. The SMILES string of the molecule is COC(=O)C1(N)CCCCCCCCCCC1. The molecule has 0 aromatic carbocycles. The summed E-state index contributed by atoms with van der Waals surface area (Å²) in [4.78, 5) is 11.8. The number of esters is 1. The van der Waals surface area contributed by atoms with Crippen molar-refractivity contribution in [1.82, 2.24) is 0 Å². The average Bonchev–Trinajstić information content (AvgIpc) is 2.32. The van der Waals surface area contributed by atoms with Gasteiger partial charge in [-0.25, -0.2) is 0 Å². The van der Waals surface area contributed by atoms with Crippen LogP contribution in [0.15, 0.2) is 0 Å². The predicted molar refractivity (Wildman–Crippen MR) is 69.7 cm³/mol. The van der Waals surface area contributed by atoms with Gasteiger partial charge in [0.05, 0.1) is 7.11 Å². The molecular formula is C14H27NO2. The second kappa shape index (κ2) is 7.70. The van der Waals surface area contributed by atoms with Crippen molar-refractivity contribution >= 4 is 5.97 Å². The van der Waals surface area contributed by atoms with E-state index in [4.69, 9.17) is 10.5 Å². The Labute approximate surface area is 105 Å². The molecule has 0 radical (unpaired) electrons. The third-order valence-electron chi connectivity index (χ3n) is 3.84. The molecule has 0 aromatic heterocycles. The lowest BCUT2D eigenvalue weighted by molar-refractivity contribution is -0.147. The summed E-state index contributed by atoms with van der Waals surface area (Å²) >= 11 is 0. The van der Waals surface area contributed by atoms with Crippen LogP contribution in [0.25, 0.3) is 0 Å². The zero-order chi connectivity index (χ0) is 12.6. The van der Waals surface area contributed by atoms with Gasteiger partial charge < -0.3 is 10.5 Å². The van der Waals surface area contributed by atoms with Gasteiger partial charge in [-0.2, -0.15) is 0 Å². The maximum Gasteiger partial charge on any atom is 0.325 e. The van der Waals surface area contributed by atoms with Crippen LogP contribution in [0.4, 0.5) is 0 Å². The highest BCUT2D eigenvalue weighted by atomic mass is 16.5. The lowest BCUT2D eigenvalue weighted by Gasteiger charge is -2.27. The van der Waals surface area contributed by atoms with Crippen LogP contribution in [-0.4, -0.2) is 18.6 Å². The van der Waals surface area contributed by atoms with Crippen LogP contribution in [0.3, 0.4) is 0 Å². The number of carbonyl (C=O) groups excluding carboxylic acids is 1. The molecule has 3 heteroatoms. The molecule has 1 rings (SSSR count). The average molecular weight is 241 g/mol. The molecular weight excluding hydrogens is 214 g/mol. The number of hydrogen-bond donors (Lipinski definition) is 1. The monoisotopic (exact) mass is 241 g/mol. The number of methoxy groups -OCH3 is 1. The van der Waals surface area contributed by atoms with Gasteiger partial charge in [0, 0.05) is 0 Å². The minimum absolute atomic E-state index is 0.227. The van der Waals surface area contributed by atoms with Gasteiger partial charge in [-0.05, 0) is 12.8 Å². The van der Waals surface area contributed by atoms with Crippen molar-refractivity contribution in [2.24, 2.45) is 5.73 Å². The van der Waals surface area contributed by atoms with Gasteiger partial charge in [-0.3, -0.25) is 4.79 Å². The van der Waals surface area contributed by atoms with Crippen molar-refractivity contribution < 1.29 is 9.53 Å². The summed E-state index contributed by atoms with van der Waals surface area (Å²) < 4.78 is 4.85. The Morgan fingerprint density at radius 1 is 0.882 bits per heavy atom. The first-order valence-corrected chi connectivity index (χ1v) is 7.06. The van der Waals surface area contributed by atoms with Crippen molar-refractivity contribution in [3.8, 4) is 0 Å². The molecule has 0 heterocycles. The fourth-order valence-electron chi connectivity index (χ4n) is 2.65. The summed E-state index contributed by atoms with van der Waals surface area (Å²) in [6, 6.07) is 0. The minimum atomic E-state index is -0.728. The van der Waals surface area contributed by atoms with Crippen molar-refractivity contribution in [2.75, 3.05) is 7.11 Å². The molecule has 0 aliphatic heterocycles. The third kappa shape index (κ3) is 5.07. The van der Waals surface area contributed by atoms with Gasteiger partial charge in [-0.1, -0.05) is 57.8 Å². The fraction of sp³-hybridized carbons (Fsp3) is 0.929. The standard InChI is InChI=1S/C14H27NO2/c1-17-13(16)14(15)11-9-7-5-3-2-4-6-8-10-12-14/h2-12,15H2,1H3. The van der Waals surface area contributed by atoms with E-state index in [-0.39, 0.29) is 5.97 Å². The highest BCUT2D eigenvalue weighted by molar-refractivity contribution is 5.80. The molecule has 17 heavy (non-hydrogen) atoms. The molecule has 3 nitrogen and oxygen atoms in total. The van der Waals surface area contributed by atoms with E-state index in [0.717, 1.165) is 25.7 Å². The summed E-state index contributed by atoms with van der Waals surface area (Å²) in [6.07, 6.45) is 12.6. The maximum absolute atomic E-state index is 11.8. The van der Waals surface area contributed by atoms with Crippen LogP contribution in [0.1, 0.15) is 70.6 Å². The topological polar surface area (TPSA) is 52.3 Å². The van der Waals surface area contributed by atoms with Crippen LogP contribution in [0.5, 0.6) is 0 Å². The highest BCUT2D eigenvalue weighted by Gasteiger charge is 2.33. The van der Waals surface area contributed by atoms with E-state index >= 15 is 0 Å². The Hall–Kier alpha value is -0.570. The summed E-state index contributed by atoms with van der Waals surface area (Å²) in [5.41, 5.74) is 5.49. The van der Waals surface area contributed by atoms with Crippen molar-refractivity contribution in [3.63, 3.8) is 0 Å². The zero-order valence-electron chi connectivity index (χ0n) is 11.2. The molecule has 2 N–H and O–H groups in total. The van der Waals surface area contributed by atoms with Crippen LogP contribution < -0.4 is 5.73 Å². The van der Waals surface area contributed by atoms with Gasteiger partial charge in [0.25, 0.3) is 0 Å². The van der Waals surface area contributed by atoms with Gasteiger partial charge in [0.1, 0.15) is 5.54 Å². The molecule has 1 saturated carbocycles. The lowest BCUT2D eigenvalue weighted by Crippen LogP contribution is -2.48. The first-order chi connectivity index (χ1) is 8.19. The largest absolute Gasteiger partial charge is 0.468 e. The smallest absolute Gasteiger partial charge is 0.325 e. The molecule has 0 saturated heterocycles. The zero-order valence-corrected chi connectivity index (χ0v) is 11.2. The van der Waals surface area contributed by atoms with Crippen molar-refractivity contribution in [3.05, 3.63) is 0 Å². The Balaban J connectivity index is 2.50. The summed E-state index contributed by atoms with van der Waals surface area (Å²) in [7, 11) is 1.44. The summed E-state index contributed by atoms with van der Waals surface area (Å²) in [5.74, 6) is -0.227. The Morgan fingerprint density at radius 2 is 1.24 bits per heavy atom. The van der Waals surface area contributed by atoms with E-state index in [9.17, 15) is 4.79 Å². The minimum Gasteiger partial charge on any atom is -0.468 e.